The summed E-state index contributed by atoms with van der Waals surface area (Å²) in [6.45, 7) is 2.52. The van der Waals surface area contributed by atoms with Crippen LogP contribution in [-0.4, -0.2) is 17.4 Å². The minimum absolute atomic E-state index is 0.0385. The number of amides is 1. The molecule has 0 spiro atoms. The van der Waals surface area contributed by atoms with E-state index >= 15 is 0 Å². The van der Waals surface area contributed by atoms with Crippen LogP contribution in [0.25, 0.3) is 0 Å². The van der Waals surface area contributed by atoms with Gasteiger partial charge in [0, 0.05) is 17.8 Å². The molecular formula is C21H24N2O4. The number of carbonyl (C=O) groups is 1. The zero-order chi connectivity index (χ0) is 19.3. The summed E-state index contributed by atoms with van der Waals surface area (Å²) in [4.78, 5) is 23.8. The van der Waals surface area contributed by atoms with Crippen LogP contribution < -0.4 is 10.1 Å². The zero-order valence-corrected chi connectivity index (χ0v) is 15.4. The maximum absolute atomic E-state index is 13.2. The molecule has 0 bridgehead atoms. The molecule has 1 aliphatic rings. The minimum Gasteiger partial charge on any atom is -0.494 e. The number of rotatable bonds is 6. The summed E-state index contributed by atoms with van der Waals surface area (Å²) in [6, 6.07) is 13.7. The van der Waals surface area contributed by atoms with Crippen LogP contribution in [0.1, 0.15) is 44.6 Å². The molecule has 6 nitrogen and oxygen atoms in total. The van der Waals surface area contributed by atoms with Crippen molar-refractivity contribution in [1.82, 2.24) is 0 Å². The van der Waals surface area contributed by atoms with E-state index < -0.39 is 10.3 Å². The van der Waals surface area contributed by atoms with E-state index in [2.05, 4.69) is 5.32 Å². The first-order valence-corrected chi connectivity index (χ1v) is 9.34. The summed E-state index contributed by atoms with van der Waals surface area (Å²) in [5, 5.41) is 14.0. The Morgan fingerprint density at radius 1 is 1.07 bits per heavy atom. The summed E-state index contributed by atoms with van der Waals surface area (Å²) in [5.41, 5.74) is 0.953. The Balaban J connectivity index is 1.84. The average molecular weight is 368 g/mol. The van der Waals surface area contributed by atoms with Gasteiger partial charge in [0.1, 0.15) is 5.75 Å². The fraction of sp³-hybridized carbons (Fsp3) is 0.381. The molecule has 0 unspecified atom stereocenters. The van der Waals surface area contributed by atoms with E-state index in [0.717, 1.165) is 49.1 Å². The molecule has 6 heteroatoms. The first-order valence-electron chi connectivity index (χ1n) is 9.34. The number of benzene rings is 2. The maximum atomic E-state index is 13.2. The predicted molar refractivity (Wildman–Crippen MR) is 104 cm³/mol. The quantitative estimate of drug-likeness (QED) is 0.584. The van der Waals surface area contributed by atoms with Gasteiger partial charge in [0.25, 0.3) is 5.69 Å². The minimum atomic E-state index is -0.647. The highest BCUT2D eigenvalue weighted by atomic mass is 16.6. The molecule has 3 rings (SSSR count). The smallest absolute Gasteiger partial charge is 0.269 e. The van der Waals surface area contributed by atoms with Gasteiger partial charge >= 0.3 is 0 Å². The zero-order valence-electron chi connectivity index (χ0n) is 15.4. The van der Waals surface area contributed by atoms with Gasteiger partial charge in [0.15, 0.2) is 0 Å². The van der Waals surface area contributed by atoms with Crippen molar-refractivity contribution in [2.24, 2.45) is 0 Å². The second kappa shape index (κ2) is 8.20. The lowest BCUT2D eigenvalue weighted by atomic mass is 9.68. The Labute approximate surface area is 158 Å². The highest BCUT2D eigenvalue weighted by Crippen LogP contribution is 2.41. The molecule has 1 amide bonds. The van der Waals surface area contributed by atoms with Crippen molar-refractivity contribution in [1.29, 1.82) is 0 Å². The number of nitrogens with zero attached hydrogens (tertiary/aromatic N) is 1. The lowest BCUT2D eigenvalue weighted by Gasteiger charge is -2.36. The van der Waals surface area contributed by atoms with Crippen molar-refractivity contribution in [3.05, 3.63) is 64.2 Å². The lowest BCUT2D eigenvalue weighted by Crippen LogP contribution is -2.42. The molecule has 0 aromatic heterocycles. The summed E-state index contributed by atoms with van der Waals surface area (Å²) in [6.07, 6.45) is 4.52. The van der Waals surface area contributed by atoms with Gasteiger partial charge in [-0.2, -0.15) is 0 Å². The second-order valence-corrected chi connectivity index (χ2v) is 6.86. The van der Waals surface area contributed by atoms with Gasteiger partial charge in [-0.1, -0.05) is 31.4 Å². The summed E-state index contributed by atoms with van der Waals surface area (Å²) in [7, 11) is 0. The fourth-order valence-electron chi connectivity index (χ4n) is 3.76. The number of ether oxygens (including phenoxy) is 1. The van der Waals surface area contributed by atoms with Gasteiger partial charge in [-0.05, 0) is 49.6 Å². The normalized spacial score (nSPS) is 15.7. The predicted octanol–water partition coefficient (Wildman–Crippen LogP) is 4.83. The number of anilines is 1. The van der Waals surface area contributed by atoms with E-state index in [1.54, 1.807) is 12.1 Å². The Morgan fingerprint density at radius 3 is 2.26 bits per heavy atom. The number of hydrogen-bond donors (Lipinski definition) is 1. The molecule has 1 fully saturated rings. The number of hydrogen-bond acceptors (Lipinski definition) is 4. The van der Waals surface area contributed by atoms with Gasteiger partial charge in [0.2, 0.25) is 5.91 Å². The van der Waals surface area contributed by atoms with Gasteiger partial charge in [0.05, 0.1) is 16.9 Å². The molecule has 0 atom stereocenters. The Morgan fingerprint density at radius 2 is 1.70 bits per heavy atom. The highest BCUT2D eigenvalue weighted by Gasteiger charge is 2.41. The second-order valence-electron chi connectivity index (χ2n) is 6.86. The van der Waals surface area contributed by atoms with E-state index in [9.17, 15) is 14.9 Å². The van der Waals surface area contributed by atoms with Crippen molar-refractivity contribution in [2.75, 3.05) is 11.9 Å². The topological polar surface area (TPSA) is 81.5 Å². The number of nitro groups is 1. The highest BCUT2D eigenvalue weighted by molar-refractivity contribution is 5.99. The van der Waals surface area contributed by atoms with Crippen LogP contribution in [0, 0.1) is 10.1 Å². The summed E-state index contributed by atoms with van der Waals surface area (Å²) in [5.74, 6) is 0.707. The molecule has 0 saturated heterocycles. The van der Waals surface area contributed by atoms with E-state index in [1.807, 2.05) is 31.2 Å². The molecule has 142 valence electrons. The molecular weight excluding hydrogens is 344 g/mol. The lowest BCUT2D eigenvalue weighted by molar-refractivity contribution is -0.384. The van der Waals surface area contributed by atoms with E-state index in [0.29, 0.717) is 6.61 Å². The van der Waals surface area contributed by atoms with Gasteiger partial charge in [-0.3, -0.25) is 14.9 Å². The molecule has 1 N–H and O–H groups in total. The summed E-state index contributed by atoms with van der Waals surface area (Å²) >= 11 is 0. The fourth-order valence-corrected chi connectivity index (χ4v) is 3.76. The standard InChI is InChI=1S/C21H24N2O4/c1-2-27-19-12-8-17(9-13-19)22-20(24)21(14-4-3-5-15-21)16-6-10-18(11-7-16)23(25)26/h6-13H,2-5,14-15H2,1H3,(H,22,24). The first kappa shape index (κ1) is 18.9. The van der Waals surface area contributed by atoms with Gasteiger partial charge in [-0.25, -0.2) is 0 Å². The van der Waals surface area contributed by atoms with E-state index in [4.69, 9.17) is 4.74 Å². The van der Waals surface area contributed by atoms with Crippen molar-refractivity contribution in [3.8, 4) is 5.75 Å². The molecule has 1 aliphatic carbocycles. The monoisotopic (exact) mass is 368 g/mol. The van der Waals surface area contributed by atoms with Crippen molar-refractivity contribution < 1.29 is 14.5 Å². The number of nitrogens with one attached hydrogen (secondary N) is 1. The molecule has 1 saturated carbocycles. The number of non-ortho nitro benzene ring substituents is 1. The van der Waals surface area contributed by atoms with Gasteiger partial charge < -0.3 is 10.1 Å². The largest absolute Gasteiger partial charge is 0.494 e. The molecule has 0 aliphatic heterocycles. The van der Waals surface area contributed by atoms with Crippen molar-refractivity contribution >= 4 is 17.3 Å². The average Bonchev–Trinajstić information content (AvgIpc) is 2.70. The van der Waals surface area contributed by atoms with Gasteiger partial charge in [-0.15, -0.1) is 0 Å². The van der Waals surface area contributed by atoms with Crippen LogP contribution in [0.15, 0.2) is 48.5 Å². The third kappa shape index (κ3) is 4.10. The van der Waals surface area contributed by atoms with Crippen LogP contribution >= 0.6 is 0 Å². The Hall–Kier alpha value is -2.89. The summed E-state index contributed by atoms with van der Waals surface area (Å²) < 4.78 is 5.43. The van der Waals surface area contributed by atoms with Crippen LogP contribution in [0.5, 0.6) is 5.75 Å². The van der Waals surface area contributed by atoms with Crippen LogP contribution in [-0.2, 0) is 10.2 Å². The van der Waals surface area contributed by atoms with E-state index in [-0.39, 0.29) is 11.6 Å². The maximum Gasteiger partial charge on any atom is 0.269 e. The SMILES string of the molecule is CCOc1ccc(NC(=O)C2(c3ccc([N+](=O)[O-])cc3)CCCCC2)cc1. The molecule has 0 heterocycles. The van der Waals surface area contributed by atoms with Crippen LogP contribution in [0.3, 0.4) is 0 Å². The number of nitro benzene ring substituents is 1. The Bertz CT molecular complexity index is 794. The van der Waals surface area contributed by atoms with Crippen LogP contribution in [0.4, 0.5) is 11.4 Å². The van der Waals surface area contributed by atoms with E-state index in [1.165, 1.54) is 12.1 Å². The van der Waals surface area contributed by atoms with Crippen molar-refractivity contribution in [2.45, 2.75) is 44.4 Å². The molecule has 27 heavy (non-hydrogen) atoms. The van der Waals surface area contributed by atoms with Crippen molar-refractivity contribution in [3.63, 3.8) is 0 Å². The first-order chi connectivity index (χ1) is 13.0. The third-order valence-electron chi connectivity index (χ3n) is 5.20. The molecule has 2 aromatic rings. The molecule has 2 aromatic carbocycles. The number of carbonyl (C=O) groups excluding carboxylic acids is 1. The molecule has 0 radical (unpaired) electrons. The Kier molecular flexibility index (Phi) is 5.74. The van der Waals surface area contributed by atoms with Crippen LogP contribution in [0.2, 0.25) is 0 Å². The third-order valence-corrected chi connectivity index (χ3v) is 5.20.